The first-order valence-corrected chi connectivity index (χ1v) is 43.4. The first-order valence-electron chi connectivity index (χ1n) is 43.4. The van der Waals surface area contributed by atoms with Crippen LogP contribution in [0.4, 0.5) is 0 Å². The summed E-state index contributed by atoms with van der Waals surface area (Å²) in [6.45, 7) is 6.57. The highest BCUT2D eigenvalue weighted by molar-refractivity contribution is 6.25. The van der Waals surface area contributed by atoms with Crippen molar-refractivity contribution in [2.75, 3.05) is 0 Å². The van der Waals surface area contributed by atoms with Crippen molar-refractivity contribution in [3.8, 4) is 134 Å². The Morgan fingerprint density at radius 1 is 0.104 bits per heavy atom. The SMILES string of the molecule is Cc1ccc2c(-c3ccc(-c4ccc5ccccc5c4)cc3)c3ccccc3c(-c3ccc(-c4ccc5ccccc5c4)cc3)c2c1.Cc1ccc2c(-c3ccc(-c4ccccc4)cc3)c3ccccc3c(-c3ccc(-c4ccccc4)cc3)c2c1.Cc1ccc2c(-c3ccccc3-c3ccccc3)c3ccccc3c(-c3ccccc3-c3ccccc3)c2c1. The van der Waals surface area contributed by atoms with Gasteiger partial charge in [0.05, 0.1) is 0 Å². The molecule has 0 saturated carbocycles. The molecule has 0 heteroatoms. The second-order valence-electron chi connectivity index (χ2n) is 33.0. The summed E-state index contributed by atoms with van der Waals surface area (Å²) in [5.74, 6) is 0. The van der Waals surface area contributed by atoms with Gasteiger partial charge < -0.3 is 0 Å². The Morgan fingerprint density at radius 3 is 0.632 bits per heavy atom. The molecule has 0 unspecified atom stereocenters. The van der Waals surface area contributed by atoms with Gasteiger partial charge in [-0.3, -0.25) is 0 Å². The van der Waals surface area contributed by atoms with Gasteiger partial charge in [0.1, 0.15) is 0 Å². The van der Waals surface area contributed by atoms with Gasteiger partial charge in [0.25, 0.3) is 0 Å². The van der Waals surface area contributed by atoms with Crippen LogP contribution in [0.1, 0.15) is 16.7 Å². The smallest absolute Gasteiger partial charge is 0.00200 e. The van der Waals surface area contributed by atoms with E-state index in [2.05, 4.69) is 500 Å². The van der Waals surface area contributed by atoms with Gasteiger partial charge in [0.15, 0.2) is 0 Å². The maximum atomic E-state index is 2.37. The van der Waals surface area contributed by atoms with Crippen molar-refractivity contribution in [1.29, 1.82) is 0 Å². The molecule has 0 saturated heterocycles. The highest BCUT2D eigenvalue weighted by atomic mass is 14.3. The van der Waals surface area contributed by atoms with E-state index < -0.39 is 0 Å². The van der Waals surface area contributed by atoms with Gasteiger partial charge in [0.2, 0.25) is 0 Å². The summed E-state index contributed by atoms with van der Waals surface area (Å²) < 4.78 is 0. The van der Waals surface area contributed by atoms with Crippen LogP contribution in [0.3, 0.4) is 0 Å². The Labute approximate surface area is 731 Å². The molecule has 0 aliphatic carbocycles. The maximum absolute atomic E-state index is 2.37. The Bertz CT molecular complexity index is 7960. The lowest BCUT2D eigenvalue weighted by Crippen LogP contribution is -1.94. The van der Waals surface area contributed by atoms with E-state index in [1.807, 2.05) is 0 Å². The average molecular weight is 1590 g/mol. The van der Waals surface area contributed by atoms with Crippen LogP contribution < -0.4 is 0 Å². The summed E-state index contributed by atoms with van der Waals surface area (Å²) in [5.41, 5.74) is 33.9. The highest BCUT2D eigenvalue weighted by Gasteiger charge is 2.24. The molecule has 23 aromatic rings. The molecular formula is C125H88. The van der Waals surface area contributed by atoms with E-state index in [0.29, 0.717) is 0 Å². The molecule has 23 rings (SSSR count). The zero-order valence-corrected chi connectivity index (χ0v) is 70.1. The lowest BCUT2D eigenvalue weighted by atomic mass is 9.82. The largest absolute Gasteiger partial charge is 0.0622 e. The standard InChI is InChI=1S/C47H32.2C39H28/c1-31-14-27-44-45(28-31)47(37-23-17-35(18-24-37)41-26-20-33-9-3-5-11-39(33)30-41)43-13-7-6-12-42(43)46(44)36-21-15-34(16-22-36)40-25-19-32-8-2-4-10-38(32)29-40;1-27-24-25-36-37(26-27)39(33-21-11-9-19-31(33)29-16-6-3-7-17-29)35-23-13-12-22-34(35)38(36)32-20-10-8-18-30(32)28-14-4-2-5-15-28;1-27-16-25-36-37(26-27)39(33-23-19-31(20-24-33)29-12-6-3-7-13-29)35-15-9-8-14-34(35)38(36)32-21-17-30(18-22-32)28-10-4-2-5-11-28/h2-30H,1H3;2*2-26H,1H3. The van der Waals surface area contributed by atoms with Crippen molar-refractivity contribution in [2.24, 2.45) is 0 Å². The number of aryl methyl sites for hydroxylation is 3. The Kier molecular flexibility index (Phi) is 20.6. The second-order valence-corrected chi connectivity index (χ2v) is 33.0. The lowest BCUT2D eigenvalue weighted by Gasteiger charge is -2.21. The van der Waals surface area contributed by atoms with Crippen LogP contribution in [0, 0.1) is 20.8 Å². The summed E-state index contributed by atoms with van der Waals surface area (Å²) in [4.78, 5) is 0. The van der Waals surface area contributed by atoms with E-state index in [9.17, 15) is 0 Å². The van der Waals surface area contributed by atoms with Crippen LogP contribution in [-0.2, 0) is 0 Å². The minimum Gasteiger partial charge on any atom is -0.0622 e. The fraction of sp³-hybridized carbons (Fsp3) is 0.0240. The van der Waals surface area contributed by atoms with Crippen molar-refractivity contribution in [2.45, 2.75) is 20.8 Å². The fourth-order valence-corrected chi connectivity index (χ4v) is 19.2. The third-order valence-electron chi connectivity index (χ3n) is 25.2. The van der Waals surface area contributed by atoms with Gasteiger partial charge in [-0.1, -0.05) is 484 Å². The first-order chi connectivity index (χ1) is 61.7. The Morgan fingerprint density at radius 2 is 0.304 bits per heavy atom. The summed E-state index contributed by atoms with van der Waals surface area (Å²) >= 11 is 0. The topological polar surface area (TPSA) is 0 Å². The van der Waals surface area contributed by atoms with Gasteiger partial charge >= 0.3 is 0 Å². The Hall–Kier alpha value is -15.9. The summed E-state index contributed by atoms with van der Waals surface area (Å²) in [5, 5.41) is 20.4. The van der Waals surface area contributed by atoms with Gasteiger partial charge in [-0.2, -0.15) is 0 Å². The van der Waals surface area contributed by atoms with E-state index in [-0.39, 0.29) is 0 Å². The summed E-state index contributed by atoms with van der Waals surface area (Å²) in [6, 6.07) is 175. The minimum atomic E-state index is 1.23. The van der Waals surface area contributed by atoms with Gasteiger partial charge in [-0.15, -0.1) is 0 Å². The summed E-state index contributed by atoms with van der Waals surface area (Å²) in [7, 11) is 0. The van der Waals surface area contributed by atoms with Gasteiger partial charge in [-0.05, 0) is 253 Å². The van der Waals surface area contributed by atoms with Crippen LogP contribution >= 0.6 is 0 Å². The molecule has 0 radical (unpaired) electrons. The molecule has 0 aliphatic heterocycles. The first kappa shape index (κ1) is 76.5. The quantitative estimate of drug-likeness (QED) is 0.107. The molecule has 0 aromatic heterocycles. The van der Waals surface area contributed by atoms with Crippen LogP contribution in [0.25, 0.3) is 220 Å². The zero-order valence-electron chi connectivity index (χ0n) is 70.1. The van der Waals surface area contributed by atoms with Crippen LogP contribution in [-0.4, -0.2) is 0 Å². The molecular weight excluding hydrogens is 1500 g/mol. The Balaban J connectivity index is 0.000000115. The maximum Gasteiger partial charge on any atom is -0.00200 e. The number of hydrogen-bond donors (Lipinski definition) is 0. The second kappa shape index (κ2) is 33.6. The molecule has 0 nitrogen and oxygen atoms in total. The molecule has 0 fully saturated rings. The fourth-order valence-electron chi connectivity index (χ4n) is 19.2. The molecule has 588 valence electrons. The van der Waals surface area contributed by atoms with E-state index in [1.165, 1.54) is 236 Å². The molecule has 0 bridgehead atoms. The van der Waals surface area contributed by atoms with Crippen molar-refractivity contribution in [3.05, 3.63) is 496 Å². The van der Waals surface area contributed by atoms with Gasteiger partial charge in [0, 0.05) is 0 Å². The van der Waals surface area contributed by atoms with Gasteiger partial charge in [-0.25, -0.2) is 0 Å². The van der Waals surface area contributed by atoms with E-state index in [4.69, 9.17) is 0 Å². The van der Waals surface area contributed by atoms with Crippen molar-refractivity contribution in [3.63, 3.8) is 0 Å². The van der Waals surface area contributed by atoms with E-state index in [1.54, 1.807) is 0 Å². The van der Waals surface area contributed by atoms with E-state index >= 15 is 0 Å². The number of rotatable bonds is 12. The zero-order chi connectivity index (χ0) is 83.7. The van der Waals surface area contributed by atoms with Crippen LogP contribution in [0.15, 0.2) is 479 Å². The molecule has 0 heterocycles. The van der Waals surface area contributed by atoms with Crippen LogP contribution in [0.5, 0.6) is 0 Å². The van der Waals surface area contributed by atoms with E-state index in [0.717, 1.165) is 0 Å². The molecule has 23 aromatic carbocycles. The lowest BCUT2D eigenvalue weighted by molar-refractivity contribution is 1.50. The number of benzene rings is 23. The number of hydrogen-bond acceptors (Lipinski definition) is 0. The highest BCUT2D eigenvalue weighted by Crippen LogP contribution is 2.51. The summed E-state index contributed by atoms with van der Waals surface area (Å²) in [6.07, 6.45) is 0. The number of fused-ring (bicyclic) bond motifs is 8. The van der Waals surface area contributed by atoms with Crippen molar-refractivity contribution < 1.29 is 0 Å². The molecule has 0 amide bonds. The molecule has 0 N–H and O–H groups in total. The third-order valence-corrected chi connectivity index (χ3v) is 25.2. The predicted molar refractivity (Wildman–Crippen MR) is 539 cm³/mol. The normalized spacial score (nSPS) is 11.3. The van der Waals surface area contributed by atoms with Crippen molar-refractivity contribution in [1.82, 2.24) is 0 Å². The molecule has 125 heavy (non-hydrogen) atoms. The molecule has 0 atom stereocenters. The molecule has 0 aliphatic rings. The average Bonchev–Trinajstić information content (AvgIpc) is 0.685. The van der Waals surface area contributed by atoms with Crippen LogP contribution in [0.2, 0.25) is 0 Å². The monoisotopic (exact) mass is 1590 g/mol. The third kappa shape index (κ3) is 14.9. The molecule has 0 spiro atoms. The predicted octanol–water partition coefficient (Wildman–Crippen LogP) is 35.2. The minimum absolute atomic E-state index is 1.23. The van der Waals surface area contributed by atoms with Crippen molar-refractivity contribution >= 4 is 86.2 Å².